The van der Waals surface area contributed by atoms with E-state index < -0.39 is 0 Å². The summed E-state index contributed by atoms with van der Waals surface area (Å²) in [6.07, 6.45) is 3.48. The van der Waals surface area contributed by atoms with Crippen molar-refractivity contribution in [3.05, 3.63) is 47.3 Å². The molecule has 0 spiro atoms. The molecule has 1 heterocycles. The maximum Gasteiger partial charge on any atom is 0.254 e. The molecule has 0 atom stereocenters. The average molecular weight is 315 g/mol. The Balaban J connectivity index is 2.23. The molecule has 5 nitrogen and oxygen atoms in total. The van der Waals surface area contributed by atoms with Crippen LogP contribution in [0.5, 0.6) is 0 Å². The van der Waals surface area contributed by atoms with Gasteiger partial charge in [-0.3, -0.25) is 4.79 Å². The number of amides is 1. The monoisotopic (exact) mass is 315 g/mol. The highest BCUT2D eigenvalue weighted by Gasteiger charge is 2.17. The van der Waals surface area contributed by atoms with Gasteiger partial charge in [0, 0.05) is 0 Å². The molecular weight excluding hydrogens is 288 g/mol. The minimum Gasteiger partial charge on any atom is -0.346 e. The Labute approximate surface area is 138 Å². The number of likely N-dealkylation sites (N-methyl/N-ethyl adjacent to an activating group) is 1. The molecule has 23 heavy (non-hydrogen) atoms. The summed E-state index contributed by atoms with van der Waals surface area (Å²) in [4.78, 5) is 13.8. The van der Waals surface area contributed by atoms with Crippen LogP contribution < -0.4 is 10.2 Å². The van der Waals surface area contributed by atoms with Crippen LogP contribution in [0, 0.1) is 6.92 Å². The van der Waals surface area contributed by atoms with Crippen LogP contribution >= 0.6 is 0 Å². The average Bonchev–Trinajstić information content (AvgIpc) is 2.92. The molecule has 0 saturated heterocycles. The van der Waals surface area contributed by atoms with Crippen molar-refractivity contribution in [2.75, 3.05) is 27.2 Å². The number of hydrogen-bond acceptors (Lipinski definition) is 2. The van der Waals surface area contributed by atoms with Gasteiger partial charge < -0.3 is 10.2 Å². The first-order valence-electron chi connectivity index (χ1n) is 8.24. The van der Waals surface area contributed by atoms with E-state index in [4.69, 9.17) is 0 Å². The minimum absolute atomic E-state index is 0.0342. The van der Waals surface area contributed by atoms with E-state index in [9.17, 15) is 4.79 Å². The second kappa shape index (κ2) is 7.92. The Morgan fingerprint density at radius 1 is 1.26 bits per heavy atom. The number of nitrogens with zero attached hydrogens (tertiary/aromatic N) is 2. The fraction of sp³-hybridized carbons (Fsp3) is 0.444. The van der Waals surface area contributed by atoms with Crippen molar-refractivity contribution in [2.24, 2.45) is 0 Å². The fourth-order valence-electron chi connectivity index (χ4n) is 2.47. The molecule has 1 aromatic heterocycles. The van der Waals surface area contributed by atoms with E-state index in [2.05, 4.69) is 50.5 Å². The van der Waals surface area contributed by atoms with Gasteiger partial charge in [-0.25, -0.2) is 4.68 Å². The highest BCUT2D eigenvalue weighted by atomic mass is 16.1. The zero-order valence-corrected chi connectivity index (χ0v) is 14.5. The molecule has 2 aromatic rings. The highest BCUT2D eigenvalue weighted by Crippen LogP contribution is 2.17. The number of quaternary nitrogens is 1. The largest absolute Gasteiger partial charge is 0.346 e. The third-order valence-corrected chi connectivity index (χ3v) is 3.79. The lowest BCUT2D eigenvalue weighted by Gasteiger charge is -2.11. The van der Waals surface area contributed by atoms with Gasteiger partial charge >= 0.3 is 0 Å². The van der Waals surface area contributed by atoms with E-state index in [-0.39, 0.29) is 5.91 Å². The number of rotatable bonds is 7. The van der Waals surface area contributed by atoms with E-state index in [1.54, 1.807) is 6.20 Å². The second-order valence-corrected chi connectivity index (χ2v) is 6.22. The normalized spacial score (nSPS) is 11.0. The first-order chi connectivity index (χ1) is 11.0. The molecule has 0 saturated carbocycles. The predicted molar refractivity (Wildman–Crippen MR) is 92.3 cm³/mol. The molecule has 2 N–H and O–H groups in total. The molecule has 0 aliphatic heterocycles. The number of hydrogen-bond donors (Lipinski definition) is 2. The molecule has 2 rings (SSSR count). The second-order valence-electron chi connectivity index (χ2n) is 6.22. The van der Waals surface area contributed by atoms with E-state index in [0.29, 0.717) is 12.1 Å². The molecule has 5 heteroatoms. The summed E-state index contributed by atoms with van der Waals surface area (Å²) in [7, 11) is 4.15. The summed E-state index contributed by atoms with van der Waals surface area (Å²) in [5, 5.41) is 7.44. The summed E-state index contributed by atoms with van der Waals surface area (Å²) >= 11 is 0. The Morgan fingerprint density at radius 3 is 2.57 bits per heavy atom. The van der Waals surface area contributed by atoms with E-state index >= 15 is 0 Å². The molecule has 124 valence electrons. The SMILES string of the molecule is CCCc1c(C(=O)NCC[NH+](C)C)cnn1-c1ccc(C)cc1. The standard InChI is InChI=1S/C18H26N4O/c1-5-6-17-16(18(23)19-11-12-21(3)4)13-20-22(17)15-9-7-14(2)8-10-15/h7-10,13H,5-6,11-12H2,1-4H3,(H,19,23)/p+1. The number of carbonyl (C=O) groups is 1. The van der Waals surface area contributed by atoms with Gasteiger partial charge in [-0.2, -0.15) is 5.10 Å². The third kappa shape index (κ3) is 4.42. The van der Waals surface area contributed by atoms with Crippen LogP contribution in [0.2, 0.25) is 0 Å². The van der Waals surface area contributed by atoms with Crippen molar-refractivity contribution >= 4 is 5.91 Å². The Bertz CT molecular complexity index is 644. The number of carbonyl (C=O) groups excluding carboxylic acids is 1. The minimum atomic E-state index is -0.0342. The van der Waals surface area contributed by atoms with Crippen LogP contribution in [-0.2, 0) is 6.42 Å². The molecule has 1 aromatic carbocycles. The van der Waals surface area contributed by atoms with Crippen LogP contribution in [0.1, 0.15) is 35.0 Å². The van der Waals surface area contributed by atoms with Crippen LogP contribution in [0.25, 0.3) is 5.69 Å². The molecule has 0 aliphatic carbocycles. The number of benzene rings is 1. The third-order valence-electron chi connectivity index (χ3n) is 3.79. The van der Waals surface area contributed by atoms with Crippen molar-refractivity contribution < 1.29 is 9.69 Å². The van der Waals surface area contributed by atoms with Crippen LogP contribution in [0.15, 0.2) is 30.5 Å². The summed E-state index contributed by atoms with van der Waals surface area (Å²) in [5.41, 5.74) is 3.87. The van der Waals surface area contributed by atoms with Gasteiger partial charge in [0.1, 0.15) is 0 Å². The topological polar surface area (TPSA) is 51.4 Å². The lowest BCUT2D eigenvalue weighted by molar-refractivity contribution is -0.856. The maximum absolute atomic E-state index is 12.4. The lowest BCUT2D eigenvalue weighted by atomic mass is 10.1. The zero-order chi connectivity index (χ0) is 16.8. The number of aryl methyl sites for hydroxylation is 1. The molecule has 0 unspecified atom stereocenters. The first-order valence-corrected chi connectivity index (χ1v) is 8.24. The van der Waals surface area contributed by atoms with Crippen molar-refractivity contribution in [2.45, 2.75) is 26.7 Å². The molecule has 0 aliphatic rings. The van der Waals surface area contributed by atoms with Crippen LogP contribution in [0.3, 0.4) is 0 Å². The quantitative estimate of drug-likeness (QED) is 0.801. The Morgan fingerprint density at radius 2 is 1.96 bits per heavy atom. The molecule has 0 fully saturated rings. The summed E-state index contributed by atoms with van der Waals surface area (Å²) < 4.78 is 1.88. The van der Waals surface area contributed by atoms with Crippen molar-refractivity contribution in [3.63, 3.8) is 0 Å². The Kier molecular flexibility index (Phi) is 5.93. The summed E-state index contributed by atoms with van der Waals surface area (Å²) in [6, 6.07) is 8.20. The van der Waals surface area contributed by atoms with Crippen molar-refractivity contribution in [3.8, 4) is 5.69 Å². The summed E-state index contributed by atoms with van der Waals surface area (Å²) in [6.45, 7) is 5.75. The molecule has 1 amide bonds. The smallest absolute Gasteiger partial charge is 0.254 e. The Hall–Kier alpha value is -2.14. The van der Waals surface area contributed by atoms with E-state index in [1.165, 1.54) is 10.5 Å². The van der Waals surface area contributed by atoms with E-state index in [0.717, 1.165) is 30.8 Å². The fourth-order valence-corrected chi connectivity index (χ4v) is 2.47. The van der Waals surface area contributed by atoms with Crippen molar-refractivity contribution in [1.82, 2.24) is 15.1 Å². The van der Waals surface area contributed by atoms with Gasteiger partial charge in [0.2, 0.25) is 0 Å². The van der Waals surface area contributed by atoms with Crippen LogP contribution in [0.4, 0.5) is 0 Å². The van der Waals surface area contributed by atoms with Gasteiger partial charge in [-0.15, -0.1) is 0 Å². The van der Waals surface area contributed by atoms with Gasteiger partial charge in [0.15, 0.2) is 0 Å². The summed E-state index contributed by atoms with van der Waals surface area (Å²) in [5.74, 6) is -0.0342. The number of nitrogens with one attached hydrogen (secondary N) is 2. The maximum atomic E-state index is 12.4. The van der Waals surface area contributed by atoms with Gasteiger partial charge in [0.25, 0.3) is 5.91 Å². The van der Waals surface area contributed by atoms with Crippen LogP contribution in [-0.4, -0.2) is 42.9 Å². The first kappa shape index (κ1) is 17.2. The lowest BCUT2D eigenvalue weighted by Crippen LogP contribution is -3.06. The van der Waals surface area contributed by atoms with Gasteiger partial charge in [-0.05, 0) is 25.5 Å². The molecule has 0 bridgehead atoms. The molecular formula is C18H27N4O+. The van der Waals surface area contributed by atoms with E-state index in [1.807, 2.05) is 16.8 Å². The predicted octanol–water partition coefficient (Wildman–Crippen LogP) is 1.01. The molecule has 0 radical (unpaired) electrons. The number of aromatic nitrogens is 2. The highest BCUT2D eigenvalue weighted by molar-refractivity contribution is 5.95. The van der Waals surface area contributed by atoms with Gasteiger partial charge in [-0.1, -0.05) is 31.0 Å². The van der Waals surface area contributed by atoms with Gasteiger partial charge in [0.05, 0.1) is 50.3 Å². The zero-order valence-electron chi connectivity index (χ0n) is 14.5. The van der Waals surface area contributed by atoms with Crippen molar-refractivity contribution in [1.29, 1.82) is 0 Å².